The van der Waals surface area contributed by atoms with Crippen LogP contribution in [0.1, 0.15) is 28.9 Å². The van der Waals surface area contributed by atoms with Crippen LogP contribution in [0.2, 0.25) is 0 Å². The SMILES string of the molecule is CN(Cc1ccn[nH]1)C(=O)c1cccnc1N1CCCC1. The molecule has 1 aliphatic heterocycles. The van der Waals surface area contributed by atoms with Crippen LogP contribution in [0.4, 0.5) is 5.82 Å². The van der Waals surface area contributed by atoms with Gasteiger partial charge in [0.2, 0.25) is 0 Å². The number of H-pyrrole nitrogens is 1. The van der Waals surface area contributed by atoms with Crippen molar-refractivity contribution in [2.45, 2.75) is 19.4 Å². The number of aromatic nitrogens is 3. The molecule has 1 amide bonds. The van der Waals surface area contributed by atoms with E-state index in [0.29, 0.717) is 12.1 Å². The summed E-state index contributed by atoms with van der Waals surface area (Å²) in [5.41, 5.74) is 1.58. The van der Waals surface area contributed by atoms with Crippen molar-refractivity contribution in [2.24, 2.45) is 0 Å². The van der Waals surface area contributed by atoms with Crippen LogP contribution in [-0.2, 0) is 6.54 Å². The molecule has 1 aliphatic rings. The summed E-state index contributed by atoms with van der Waals surface area (Å²) in [5.74, 6) is 0.788. The first kappa shape index (κ1) is 13.6. The maximum atomic E-state index is 12.7. The van der Waals surface area contributed by atoms with E-state index in [-0.39, 0.29) is 5.91 Å². The molecule has 6 heteroatoms. The Bertz CT molecular complexity index is 604. The smallest absolute Gasteiger partial charge is 0.257 e. The molecule has 0 aromatic carbocycles. The van der Waals surface area contributed by atoms with Gasteiger partial charge in [0.1, 0.15) is 5.82 Å². The molecule has 0 saturated carbocycles. The number of nitrogens with one attached hydrogen (secondary N) is 1. The Labute approximate surface area is 123 Å². The molecule has 1 fully saturated rings. The van der Waals surface area contributed by atoms with Crippen molar-refractivity contribution < 1.29 is 4.79 Å². The molecule has 3 rings (SSSR count). The molecule has 0 radical (unpaired) electrons. The fraction of sp³-hybridized carbons (Fsp3) is 0.400. The van der Waals surface area contributed by atoms with Crippen LogP contribution in [0.15, 0.2) is 30.6 Å². The molecule has 0 aliphatic carbocycles. The fourth-order valence-electron chi connectivity index (χ4n) is 2.65. The van der Waals surface area contributed by atoms with Crippen molar-refractivity contribution in [1.29, 1.82) is 0 Å². The van der Waals surface area contributed by atoms with E-state index in [1.165, 1.54) is 0 Å². The third-order valence-electron chi connectivity index (χ3n) is 3.74. The highest BCUT2D eigenvalue weighted by atomic mass is 16.2. The number of hydrogen-bond acceptors (Lipinski definition) is 4. The average Bonchev–Trinajstić information content (AvgIpc) is 3.19. The van der Waals surface area contributed by atoms with Gasteiger partial charge >= 0.3 is 0 Å². The summed E-state index contributed by atoms with van der Waals surface area (Å²) in [5, 5.41) is 6.78. The van der Waals surface area contributed by atoms with Crippen molar-refractivity contribution in [3.05, 3.63) is 41.9 Å². The van der Waals surface area contributed by atoms with Crippen molar-refractivity contribution >= 4 is 11.7 Å². The number of pyridine rings is 1. The Balaban J connectivity index is 1.80. The van der Waals surface area contributed by atoms with Crippen molar-refractivity contribution in [3.63, 3.8) is 0 Å². The molecular formula is C15H19N5O. The van der Waals surface area contributed by atoms with Gasteiger partial charge in [0.05, 0.1) is 17.8 Å². The predicted molar refractivity (Wildman–Crippen MR) is 80.1 cm³/mol. The lowest BCUT2D eigenvalue weighted by atomic mass is 10.2. The number of hydrogen-bond donors (Lipinski definition) is 1. The number of carbonyl (C=O) groups excluding carboxylic acids is 1. The minimum Gasteiger partial charge on any atom is -0.356 e. The Morgan fingerprint density at radius 2 is 2.14 bits per heavy atom. The van der Waals surface area contributed by atoms with Crippen molar-refractivity contribution in [3.8, 4) is 0 Å². The molecule has 0 bridgehead atoms. The van der Waals surface area contributed by atoms with Gasteiger partial charge in [-0.2, -0.15) is 5.10 Å². The molecule has 110 valence electrons. The van der Waals surface area contributed by atoms with Crippen LogP contribution in [0.25, 0.3) is 0 Å². The second kappa shape index (κ2) is 5.95. The summed E-state index contributed by atoms with van der Waals surface area (Å²) < 4.78 is 0. The van der Waals surface area contributed by atoms with Gasteiger partial charge < -0.3 is 9.80 Å². The minimum absolute atomic E-state index is 0.0143. The quantitative estimate of drug-likeness (QED) is 0.928. The second-order valence-electron chi connectivity index (χ2n) is 5.31. The number of anilines is 1. The molecule has 2 aromatic rings. The highest BCUT2D eigenvalue weighted by Gasteiger charge is 2.22. The van der Waals surface area contributed by atoms with E-state index >= 15 is 0 Å². The summed E-state index contributed by atoms with van der Waals surface area (Å²) in [6.07, 6.45) is 5.76. The van der Waals surface area contributed by atoms with E-state index in [9.17, 15) is 4.79 Å². The zero-order valence-corrected chi connectivity index (χ0v) is 12.1. The summed E-state index contributed by atoms with van der Waals surface area (Å²) in [7, 11) is 1.80. The second-order valence-corrected chi connectivity index (χ2v) is 5.31. The number of aromatic amines is 1. The van der Waals surface area contributed by atoms with Gasteiger partial charge in [0, 0.05) is 32.5 Å². The normalized spacial score (nSPS) is 14.4. The fourth-order valence-corrected chi connectivity index (χ4v) is 2.65. The molecule has 21 heavy (non-hydrogen) atoms. The van der Waals surface area contributed by atoms with Gasteiger partial charge in [0.15, 0.2) is 0 Å². The van der Waals surface area contributed by atoms with Gasteiger partial charge in [-0.1, -0.05) is 0 Å². The van der Waals surface area contributed by atoms with E-state index in [1.807, 2.05) is 18.2 Å². The topological polar surface area (TPSA) is 65.1 Å². The lowest BCUT2D eigenvalue weighted by Gasteiger charge is -2.22. The van der Waals surface area contributed by atoms with Crippen LogP contribution >= 0.6 is 0 Å². The summed E-state index contributed by atoms with van der Waals surface area (Å²) >= 11 is 0. The zero-order valence-electron chi connectivity index (χ0n) is 12.1. The summed E-state index contributed by atoms with van der Waals surface area (Å²) in [6.45, 7) is 2.45. The number of nitrogens with zero attached hydrogens (tertiary/aromatic N) is 4. The Morgan fingerprint density at radius 3 is 2.86 bits per heavy atom. The van der Waals surface area contributed by atoms with E-state index in [1.54, 1.807) is 24.3 Å². The van der Waals surface area contributed by atoms with Crippen molar-refractivity contribution in [1.82, 2.24) is 20.1 Å². The van der Waals surface area contributed by atoms with Gasteiger partial charge in [-0.05, 0) is 31.0 Å². The molecule has 0 unspecified atom stereocenters. The standard InChI is InChI=1S/C15H19N5O/c1-19(11-12-6-8-17-18-12)15(21)13-5-4-7-16-14(13)20-9-2-3-10-20/h4-8H,2-3,9-11H2,1H3,(H,17,18). The number of amides is 1. The van der Waals surface area contributed by atoms with Crippen molar-refractivity contribution in [2.75, 3.05) is 25.0 Å². The highest BCUT2D eigenvalue weighted by molar-refractivity contribution is 5.98. The predicted octanol–water partition coefficient (Wildman–Crippen LogP) is 1.68. The van der Waals surface area contributed by atoms with Crippen LogP contribution in [0, 0.1) is 0 Å². The highest BCUT2D eigenvalue weighted by Crippen LogP contribution is 2.23. The third-order valence-corrected chi connectivity index (χ3v) is 3.74. The first-order chi connectivity index (χ1) is 10.3. The van der Waals surface area contributed by atoms with Crippen LogP contribution in [0.5, 0.6) is 0 Å². The molecule has 0 spiro atoms. The molecule has 1 saturated heterocycles. The monoisotopic (exact) mass is 285 g/mol. The maximum Gasteiger partial charge on any atom is 0.257 e. The number of rotatable bonds is 4. The van der Waals surface area contributed by atoms with Gasteiger partial charge in [-0.25, -0.2) is 4.98 Å². The van der Waals surface area contributed by atoms with Crippen LogP contribution in [-0.4, -0.2) is 46.1 Å². The lowest BCUT2D eigenvalue weighted by molar-refractivity contribution is 0.0783. The molecule has 3 heterocycles. The molecule has 0 atom stereocenters. The Morgan fingerprint density at radius 1 is 1.33 bits per heavy atom. The molecule has 6 nitrogen and oxygen atoms in total. The third kappa shape index (κ3) is 2.89. The van der Waals surface area contributed by atoms with Gasteiger partial charge in [0.25, 0.3) is 5.91 Å². The van der Waals surface area contributed by atoms with Crippen LogP contribution < -0.4 is 4.90 Å². The van der Waals surface area contributed by atoms with Crippen LogP contribution in [0.3, 0.4) is 0 Å². The Kier molecular flexibility index (Phi) is 3.85. The molecular weight excluding hydrogens is 266 g/mol. The number of carbonyl (C=O) groups is 1. The maximum absolute atomic E-state index is 12.7. The van der Waals surface area contributed by atoms with E-state index in [0.717, 1.165) is 37.4 Å². The first-order valence-corrected chi connectivity index (χ1v) is 7.19. The van der Waals surface area contributed by atoms with Gasteiger partial charge in [-0.15, -0.1) is 0 Å². The van der Waals surface area contributed by atoms with E-state index in [4.69, 9.17) is 0 Å². The van der Waals surface area contributed by atoms with E-state index in [2.05, 4.69) is 20.1 Å². The zero-order chi connectivity index (χ0) is 14.7. The first-order valence-electron chi connectivity index (χ1n) is 7.19. The van der Waals surface area contributed by atoms with E-state index < -0.39 is 0 Å². The lowest BCUT2D eigenvalue weighted by Crippen LogP contribution is -2.29. The largest absolute Gasteiger partial charge is 0.356 e. The molecule has 2 aromatic heterocycles. The summed E-state index contributed by atoms with van der Waals surface area (Å²) in [6, 6.07) is 5.54. The average molecular weight is 285 g/mol. The minimum atomic E-state index is -0.0143. The van der Waals surface area contributed by atoms with Gasteiger partial charge in [-0.3, -0.25) is 9.89 Å². The summed E-state index contributed by atoms with van der Waals surface area (Å²) in [4.78, 5) is 21.0. The molecule has 1 N–H and O–H groups in total. The Hall–Kier alpha value is -2.37.